The average molecular weight is 335 g/mol. The van der Waals surface area contributed by atoms with Crippen LogP contribution in [0, 0.1) is 0 Å². The first-order chi connectivity index (χ1) is 9.30. The van der Waals surface area contributed by atoms with E-state index in [4.69, 9.17) is 23.2 Å². The largest absolute Gasteiger partial charge is 0.276 e. The van der Waals surface area contributed by atoms with Gasteiger partial charge >= 0.3 is 0 Å². The van der Waals surface area contributed by atoms with E-state index >= 15 is 0 Å². The Morgan fingerprint density at radius 2 is 2.10 bits per heavy atom. The van der Waals surface area contributed by atoms with Crippen LogP contribution in [-0.4, -0.2) is 40.1 Å². The minimum absolute atomic E-state index is 0.0125. The van der Waals surface area contributed by atoms with Crippen LogP contribution in [0.4, 0.5) is 0 Å². The van der Waals surface area contributed by atoms with Crippen LogP contribution in [-0.2, 0) is 16.4 Å². The van der Waals surface area contributed by atoms with Gasteiger partial charge in [0.05, 0.1) is 22.0 Å². The fourth-order valence-corrected chi connectivity index (χ4v) is 3.15. The van der Waals surface area contributed by atoms with Crippen LogP contribution in [0.5, 0.6) is 0 Å². The van der Waals surface area contributed by atoms with Crippen molar-refractivity contribution >= 4 is 38.3 Å². The lowest BCUT2D eigenvalue weighted by atomic mass is 10.1. The second kappa shape index (κ2) is 5.47. The Kier molecular flexibility index (Phi) is 4.07. The van der Waals surface area contributed by atoms with E-state index in [9.17, 15) is 13.2 Å². The number of aromatic nitrogens is 4. The smallest absolute Gasteiger partial charge is 0.253 e. The lowest BCUT2D eigenvalue weighted by molar-refractivity contribution is 0.108. The monoisotopic (exact) mass is 334 g/mol. The Morgan fingerprint density at radius 1 is 1.40 bits per heavy atom. The van der Waals surface area contributed by atoms with Crippen molar-refractivity contribution in [1.82, 2.24) is 20.2 Å². The van der Waals surface area contributed by atoms with Gasteiger partial charge < -0.3 is 0 Å². The summed E-state index contributed by atoms with van der Waals surface area (Å²) in [6.45, 7) is -0.0424. The molecule has 0 unspecified atom stereocenters. The molecule has 0 aliphatic rings. The molecule has 0 spiro atoms. The fraction of sp³-hybridized carbons (Fsp3) is 0.200. The number of hydrogen-bond donors (Lipinski definition) is 0. The van der Waals surface area contributed by atoms with E-state index < -0.39 is 15.1 Å². The van der Waals surface area contributed by atoms with Gasteiger partial charge in [-0.15, -0.1) is 10.2 Å². The second-order valence-corrected chi connectivity index (χ2v) is 6.62. The zero-order chi connectivity index (χ0) is 14.9. The molecule has 1 aromatic carbocycles. The quantitative estimate of drug-likeness (QED) is 0.778. The van der Waals surface area contributed by atoms with Crippen molar-refractivity contribution in [2.24, 2.45) is 0 Å². The van der Waals surface area contributed by atoms with E-state index in [1.54, 1.807) is 0 Å². The molecule has 0 N–H and O–H groups in total. The number of carbonyl (C=O) groups is 1. The van der Waals surface area contributed by atoms with Crippen molar-refractivity contribution in [3.05, 3.63) is 34.6 Å². The molecule has 2 rings (SSSR count). The van der Waals surface area contributed by atoms with Crippen molar-refractivity contribution in [1.29, 1.82) is 0 Å². The molecular formula is C10H8Cl2N4O3S. The van der Waals surface area contributed by atoms with Gasteiger partial charge in [0.15, 0.2) is 16.2 Å². The zero-order valence-electron chi connectivity index (χ0n) is 10.1. The number of hydrogen-bond acceptors (Lipinski definition) is 6. The summed E-state index contributed by atoms with van der Waals surface area (Å²) in [7, 11) is -3.53. The van der Waals surface area contributed by atoms with Crippen LogP contribution in [0.25, 0.3) is 0 Å². The Bertz CT molecular complexity index is 759. The average Bonchev–Trinajstić information content (AvgIpc) is 2.82. The third kappa shape index (κ3) is 2.97. The van der Waals surface area contributed by atoms with Crippen LogP contribution >= 0.6 is 23.2 Å². The van der Waals surface area contributed by atoms with Gasteiger partial charge in [0, 0.05) is 11.8 Å². The van der Waals surface area contributed by atoms with Gasteiger partial charge in [0.2, 0.25) is 0 Å². The van der Waals surface area contributed by atoms with Crippen LogP contribution in [0.15, 0.2) is 23.4 Å². The number of nitrogens with zero attached hydrogens (tertiary/aromatic N) is 4. The molecule has 0 saturated carbocycles. The standard InChI is InChI=1S/C10H8Cl2N4O3S/c1-20(18,19)8-3-2-6(10(12)17)9(11)7(8)4-16-14-5-13-15-16/h2-3,5H,4H2,1H3. The molecule has 0 saturated heterocycles. The van der Waals surface area contributed by atoms with Gasteiger partial charge in [0.25, 0.3) is 5.24 Å². The van der Waals surface area contributed by atoms with Gasteiger partial charge in [-0.05, 0) is 28.9 Å². The van der Waals surface area contributed by atoms with Crippen LogP contribution < -0.4 is 0 Å². The summed E-state index contributed by atoms with van der Waals surface area (Å²) in [6, 6.07) is 2.55. The van der Waals surface area contributed by atoms with E-state index in [-0.39, 0.29) is 27.6 Å². The van der Waals surface area contributed by atoms with E-state index in [2.05, 4.69) is 15.4 Å². The number of halogens is 2. The SMILES string of the molecule is CS(=O)(=O)c1ccc(C(=O)Cl)c(Cl)c1Cn1ncnn1. The highest BCUT2D eigenvalue weighted by Gasteiger charge is 2.21. The third-order valence-electron chi connectivity index (χ3n) is 2.50. The lowest BCUT2D eigenvalue weighted by Gasteiger charge is -2.11. The minimum atomic E-state index is -3.53. The van der Waals surface area contributed by atoms with Crippen molar-refractivity contribution in [3.63, 3.8) is 0 Å². The summed E-state index contributed by atoms with van der Waals surface area (Å²) < 4.78 is 23.5. The molecule has 0 aliphatic carbocycles. The molecule has 7 nitrogen and oxygen atoms in total. The molecule has 0 amide bonds. The highest BCUT2D eigenvalue weighted by atomic mass is 35.5. The summed E-state index contributed by atoms with van der Waals surface area (Å²) in [6.07, 6.45) is 2.24. The lowest BCUT2D eigenvalue weighted by Crippen LogP contribution is -2.11. The topological polar surface area (TPSA) is 94.8 Å². The number of carbonyl (C=O) groups excluding carboxylic acids is 1. The molecule has 0 fully saturated rings. The van der Waals surface area contributed by atoms with Gasteiger partial charge in [-0.3, -0.25) is 4.79 Å². The first-order valence-corrected chi connectivity index (χ1v) is 7.87. The van der Waals surface area contributed by atoms with Crippen LogP contribution in [0.1, 0.15) is 15.9 Å². The third-order valence-corrected chi connectivity index (χ3v) is 4.32. The summed E-state index contributed by atoms with van der Waals surface area (Å²) in [5.41, 5.74) is 0.217. The van der Waals surface area contributed by atoms with Gasteiger partial charge in [-0.2, -0.15) is 4.80 Å². The number of benzene rings is 1. The first-order valence-electron chi connectivity index (χ1n) is 5.22. The highest BCUT2D eigenvalue weighted by Crippen LogP contribution is 2.29. The van der Waals surface area contributed by atoms with Crippen LogP contribution in [0.2, 0.25) is 5.02 Å². The van der Waals surface area contributed by atoms with Crippen molar-refractivity contribution in [3.8, 4) is 0 Å². The first kappa shape index (κ1) is 14.9. The molecule has 0 radical (unpaired) electrons. The fourth-order valence-electron chi connectivity index (χ4n) is 1.65. The Labute approximate surface area is 124 Å². The van der Waals surface area contributed by atoms with Gasteiger partial charge in [0.1, 0.15) is 0 Å². The van der Waals surface area contributed by atoms with E-state index in [1.807, 2.05) is 0 Å². The molecule has 0 bridgehead atoms. The van der Waals surface area contributed by atoms with E-state index in [0.717, 1.165) is 11.1 Å². The maximum atomic E-state index is 11.8. The summed E-state index contributed by atoms with van der Waals surface area (Å²) in [5, 5.41) is 10.1. The molecule has 1 aromatic heterocycles. The van der Waals surface area contributed by atoms with Crippen molar-refractivity contribution in [2.45, 2.75) is 11.4 Å². The summed E-state index contributed by atoms with van der Waals surface area (Å²) >= 11 is 11.5. The molecule has 0 aliphatic heterocycles. The minimum Gasteiger partial charge on any atom is -0.276 e. The van der Waals surface area contributed by atoms with Crippen molar-refractivity contribution < 1.29 is 13.2 Å². The molecular weight excluding hydrogens is 327 g/mol. The molecule has 1 heterocycles. The van der Waals surface area contributed by atoms with Crippen LogP contribution in [0.3, 0.4) is 0 Å². The zero-order valence-corrected chi connectivity index (χ0v) is 12.4. The molecule has 10 heteroatoms. The number of sulfone groups is 1. The molecule has 0 atom stereocenters. The van der Waals surface area contributed by atoms with Gasteiger partial charge in [-0.25, -0.2) is 8.42 Å². The maximum Gasteiger partial charge on any atom is 0.253 e. The predicted octanol–water partition coefficient (Wildman–Crippen LogP) is 1.16. The normalized spacial score (nSPS) is 11.6. The number of rotatable bonds is 4. The molecule has 20 heavy (non-hydrogen) atoms. The second-order valence-electron chi connectivity index (χ2n) is 3.92. The molecule has 2 aromatic rings. The van der Waals surface area contributed by atoms with E-state index in [0.29, 0.717) is 0 Å². The Hall–Kier alpha value is -1.51. The predicted molar refractivity (Wildman–Crippen MR) is 71.7 cm³/mol. The summed E-state index contributed by atoms with van der Waals surface area (Å²) in [5.74, 6) is 0. The Balaban J connectivity index is 2.65. The maximum absolute atomic E-state index is 11.8. The van der Waals surface area contributed by atoms with Gasteiger partial charge in [-0.1, -0.05) is 11.6 Å². The molecule has 106 valence electrons. The van der Waals surface area contributed by atoms with Crippen molar-refractivity contribution in [2.75, 3.05) is 6.26 Å². The number of tetrazole rings is 1. The van der Waals surface area contributed by atoms with E-state index in [1.165, 1.54) is 18.5 Å². The highest BCUT2D eigenvalue weighted by molar-refractivity contribution is 7.90. The summed E-state index contributed by atoms with van der Waals surface area (Å²) in [4.78, 5) is 12.4. The Morgan fingerprint density at radius 3 is 2.60 bits per heavy atom.